The van der Waals surface area contributed by atoms with Crippen LogP contribution >= 0.6 is 0 Å². The van der Waals surface area contributed by atoms with E-state index in [1.165, 1.54) is 11.6 Å². The predicted octanol–water partition coefficient (Wildman–Crippen LogP) is 4.36. The molecule has 2 heteroatoms. The largest absolute Gasteiger partial charge is 0.326 e. The van der Waals surface area contributed by atoms with Crippen molar-refractivity contribution in [3.05, 3.63) is 83.2 Å². The van der Waals surface area contributed by atoms with Crippen LogP contribution in [0.25, 0.3) is 0 Å². The van der Waals surface area contributed by atoms with Crippen LogP contribution < -0.4 is 5.73 Å². The third-order valence-corrected chi connectivity index (χ3v) is 3.62. The summed E-state index contributed by atoms with van der Waals surface area (Å²) in [6.45, 7) is 6.13. The maximum absolute atomic E-state index is 13.6. The second-order valence-corrected chi connectivity index (χ2v) is 5.31. The van der Waals surface area contributed by atoms with Crippen molar-refractivity contribution < 1.29 is 4.39 Å². The van der Waals surface area contributed by atoms with Crippen LogP contribution in [0.4, 0.5) is 4.39 Å². The van der Waals surface area contributed by atoms with Crippen molar-refractivity contribution in [2.75, 3.05) is 0 Å². The number of rotatable bonds is 4. The molecule has 1 nitrogen and oxygen atoms in total. The standard InChI is InChI=1S/C20H20FN/c1-3-4-15(2)18-10-7-16(8-11-18)5-6-17-9-12-19(14-22)20(21)13-17/h3,7-13,15H,1,4,14,22H2,2H3. The normalized spacial score (nSPS) is 11.4. The number of hydrogen-bond acceptors (Lipinski definition) is 1. The van der Waals surface area contributed by atoms with Crippen molar-refractivity contribution in [2.45, 2.75) is 25.8 Å². The topological polar surface area (TPSA) is 26.0 Å². The molecule has 0 aromatic heterocycles. The van der Waals surface area contributed by atoms with Gasteiger partial charge in [0, 0.05) is 23.2 Å². The molecule has 2 aromatic carbocycles. The summed E-state index contributed by atoms with van der Waals surface area (Å²) >= 11 is 0. The third kappa shape index (κ3) is 4.07. The molecule has 0 saturated carbocycles. The first-order chi connectivity index (χ1) is 10.6. The number of benzene rings is 2. The van der Waals surface area contributed by atoms with Gasteiger partial charge in [0.1, 0.15) is 5.82 Å². The van der Waals surface area contributed by atoms with Crippen molar-refractivity contribution in [1.82, 2.24) is 0 Å². The van der Waals surface area contributed by atoms with Crippen LogP contribution in [0.15, 0.2) is 55.1 Å². The minimum atomic E-state index is -0.303. The molecular formula is C20H20FN. The zero-order chi connectivity index (χ0) is 15.9. The highest BCUT2D eigenvalue weighted by atomic mass is 19.1. The van der Waals surface area contributed by atoms with Gasteiger partial charge >= 0.3 is 0 Å². The summed E-state index contributed by atoms with van der Waals surface area (Å²) in [5.74, 6) is 6.19. The van der Waals surface area contributed by atoms with E-state index in [0.29, 0.717) is 17.0 Å². The molecule has 2 N–H and O–H groups in total. The smallest absolute Gasteiger partial charge is 0.128 e. The fourth-order valence-electron chi connectivity index (χ4n) is 2.22. The number of halogens is 1. The van der Waals surface area contributed by atoms with Crippen LogP contribution in [0.5, 0.6) is 0 Å². The van der Waals surface area contributed by atoms with Crippen LogP contribution in [0.1, 0.15) is 41.5 Å². The Labute approximate surface area is 131 Å². The summed E-state index contributed by atoms with van der Waals surface area (Å²) in [6, 6.07) is 13.0. The van der Waals surface area contributed by atoms with E-state index in [1.54, 1.807) is 12.1 Å². The Kier molecular flexibility index (Phi) is 5.52. The van der Waals surface area contributed by atoms with Gasteiger partial charge in [-0.15, -0.1) is 6.58 Å². The fraction of sp³-hybridized carbons (Fsp3) is 0.200. The van der Waals surface area contributed by atoms with E-state index in [1.807, 2.05) is 18.2 Å². The van der Waals surface area contributed by atoms with Crippen LogP contribution in [-0.4, -0.2) is 0 Å². The van der Waals surface area contributed by atoms with Crippen LogP contribution in [-0.2, 0) is 6.54 Å². The molecule has 0 aliphatic carbocycles. The predicted molar refractivity (Wildman–Crippen MR) is 89.9 cm³/mol. The third-order valence-electron chi connectivity index (χ3n) is 3.62. The average molecular weight is 293 g/mol. The lowest BCUT2D eigenvalue weighted by Gasteiger charge is -2.08. The van der Waals surface area contributed by atoms with Crippen molar-refractivity contribution in [3.63, 3.8) is 0 Å². The molecule has 0 aliphatic rings. The first kappa shape index (κ1) is 16.0. The molecule has 22 heavy (non-hydrogen) atoms. The molecule has 1 unspecified atom stereocenters. The SMILES string of the molecule is C=CCC(C)c1ccc(C#Cc2ccc(CN)c(F)c2)cc1. The van der Waals surface area contributed by atoms with E-state index >= 15 is 0 Å². The minimum Gasteiger partial charge on any atom is -0.326 e. The molecule has 0 spiro atoms. The molecule has 2 rings (SSSR count). The quantitative estimate of drug-likeness (QED) is 0.657. The molecule has 0 radical (unpaired) electrons. The molecule has 0 fully saturated rings. The highest BCUT2D eigenvalue weighted by Crippen LogP contribution is 2.19. The number of allylic oxidation sites excluding steroid dienone is 1. The summed E-state index contributed by atoms with van der Waals surface area (Å²) in [5, 5.41) is 0. The zero-order valence-corrected chi connectivity index (χ0v) is 12.8. The van der Waals surface area contributed by atoms with E-state index < -0.39 is 0 Å². The van der Waals surface area contributed by atoms with Gasteiger partial charge in [0.2, 0.25) is 0 Å². The monoisotopic (exact) mass is 293 g/mol. The second kappa shape index (κ2) is 7.59. The van der Waals surface area contributed by atoms with Gasteiger partial charge in [-0.3, -0.25) is 0 Å². The molecule has 0 amide bonds. The lowest BCUT2D eigenvalue weighted by molar-refractivity contribution is 0.610. The molecule has 112 valence electrons. The Balaban J connectivity index is 2.14. The summed E-state index contributed by atoms with van der Waals surface area (Å²) in [6.07, 6.45) is 2.88. The molecule has 1 atom stereocenters. The zero-order valence-electron chi connectivity index (χ0n) is 12.8. The Bertz CT molecular complexity index is 705. The lowest BCUT2D eigenvalue weighted by atomic mass is 9.97. The van der Waals surface area contributed by atoms with Gasteiger partial charge in [0.05, 0.1) is 0 Å². The van der Waals surface area contributed by atoms with Gasteiger partial charge in [0.25, 0.3) is 0 Å². The van der Waals surface area contributed by atoms with E-state index in [4.69, 9.17) is 5.73 Å². The Hall–Kier alpha value is -2.37. The Morgan fingerprint density at radius 2 is 1.77 bits per heavy atom. The van der Waals surface area contributed by atoms with Crippen molar-refractivity contribution >= 4 is 0 Å². The molecule has 2 aromatic rings. The van der Waals surface area contributed by atoms with Crippen molar-refractivity contribution in [2.24, 2.45) is 5.73 Å². The Morgan fingerprint density at radius 1 is 1.14 bits per heavy atom. The van der Waals surface area contributed by atoms with E-state index in [2.05, 4.69) is 37.5 Å². The summed E-state index contributed by atoms with van der Waals surface area (Å²) in [4.78, 5) is 0. The Morgan fingerprint density at radius 3 is 2.36 bits per heavy atom. The van der Waals surface area contributed by atoms with E-state index in [0.717, 1.165) is 12.0 Å². The van der Waals surface area contributed by atoms with Gasteiger partial charge in [-0.05, 0) is 42.2 Å². The summed E-state index contributed by atoms with van der Waals surface area (Å²) in [5.41, 5.74) is 8.78. The van der Waals surface area contributed by atoms with Crippen LogP contribution in [0, 0.1) is 17.7 Å². The maximum Gasteiger partial charge on any atom is 0.128 e. The average Bonchev–Trinajstić information content (AvgIpc) is 2.54. The highest BCUT2D eigenvalue weighted by molar-refractivity contribution is 5.44. The fourth-order valence-corrected chi connectivity index (χ4v) is 2.22. The lowest BCUT2D eigenvalue weighted by Crippen LogP contribution is -1.99. The van der Waals surface area contributed by atoms with Gasteiger partial charge in [-0.1, -0.05) is 43.0 Å². The summed E-state index contributed by atoms with van der Waals surface area (Å²) < 4.78 is 13.6. The van der Waals surface area contributed by atoms with Gasteiger partial charge in [0.15, 0.2) is 0 Å². The molecule has 0 heterocycles. The highest BCUT2D eigenvalue weighted by Gasteiger charge is 2.02. The van der Waals surface area contributed by atoms with E-state index in [-0.39, 0.29) is 12.4 Å². The van der Waals surface area contributed by atoms with Crippen molar-refractivity contribution in [1.29, 1.82) is 0 Å². The second-order valence-electron chi connectivity index (χ2n) is 5.31. The van der Waals surface area contributed by atoms with Crippen LogP contribution in [0.2, 0.25) is 0 Å². The first-order valence-corrected chi connectivity index (χ1v) is 7.35. The van der Waals surface area contributed by atoms with E-state index in [9.17, 15) is 4.39 Å². The molecule has 0 aliphatic heterocycles. The molecular weight excluding hydrogens is 273 g/mol. The molecule has 0 saturated heterocycles. The van der Waals surface area contributed by atoms with Gasteiger partial charge in [-0.25, -0.2) is 4.39 Å². The first-order valence-electron chi connectivity index (χ1n) is 7.35. The van der Waals surface area contributed by atoms with Gasteiger partial charge < -0.3 is 5.73 Å². The molecule has 0 bridgehead atoms. The number of hydrogen-bond donors (Lipinski definition) is 1. The number of nitrogens with two attached hydrogens (primary N) is 1. The minimum absolute atomic E-state index is 0.198. The van der Waals surface area contributed by atoms with Crippen LogP contribution in [0.3, 0.4) is 0 Å². The van der Waals surface area contributed by atoms with Crippen molar-refractivity contribution in [3.8, 4) is 11.8 Å². The summed E-state index contributed by atoms with van der Waals surface area (Å²) in [7, 11) is 0. The van der Waals surface area contributed by atoms with Gasteiger partial charge in [-0.2, -0.15) is 0 Å². The maximum atomic E-state index is 13.6.